The first-order valence-electron chi connectivity index (χ1n) is 6.17. The maximum Gasteiger partial charge on any atom is 0.0699 e. The third kappa shape index (κ3) is 3.56. The summed E-state index contributed by atoms with van der Waals surface area (Å²) in [4.78, 5) is 4.69. The van der Waals surface area contributed by atoms with Gasteiger partial charge < -0.3 is 0 Å². The van der Waals surface area contributed by atoms with E-state index < -0.39 is 0 Å². The predicted octanol–water partition coefficient (Wildman–Crippen LogP) is 4.93. The molecule has 1 aliphatic carbocycles. The van der Waals surface area contributed by atoms with Gasteiger partial charge in [0.05, 0.1) is 11.4 Å². The molecule has 0 saturated carbocycles. The fourth-order valence-corrected chi connectivity index (χ4v) is 1.70. The smallest absolute Gasteiger partial charge is 0.0699 e. The highest BCUT2D eigenvalue weighted by atomic mass is 14.8. The van der Waals surface area contributed by atoms with Gasteiger partial charge in [-0.2, -0.15) is 0 Å². The van der Waals surface area contributed by atoms with Crippen LogP contribution in [0, 0.1) is 0 Å². The lowest BCUT2D eigenvalue weighted by Gasteiger charge is -2.05. The summed E-state index contributed by atoms with van der Waals surface area (Å²) in [7, 11) is 0. The monoisotopic (exact) mass is 239 g/mol. The molecule has 1 rings (SSSR count). The zero-order valence-corrected chi connectivity index (χ0v) is 11.5. The minimum absolute atomic E-state index is 0.867. The van der Waals surface area contributed by atoms with Gasteiger partial charge in [0.1, 0.15) is 0 Å². The minimum Gasteiger partial charge on any atom is -0.249 e. The van der Waals surface area contributed by atoms with E-state index in [-0.39, 0.29) is 0 Å². The molecule has 0 heterocycles. The summed E-state index contributed by atoms with van der Waals surface area (Å²) in [5, 5.41) is 0. The van der Waals surface area contributed by atoms with Gasteiger partial charge in [-0.1, -0.05) is 49.1 Å². The normalized spacial score (nSPS) is 17.4. The molecule has 0 aromatic heterocycles. The average molecular weight is 239 g/mol. The fourth-order valence-electron chi connectivity index (χ4n) is 1.70. The maximum atomic E-state index is 4.69. The second-order valence-electron chi connectivity index (χ2n) is 4.31. The van der Waals surface area contributed by atoms with E-state index in [2.05, 4.69) is 45.2 Å². The Morgan fingerprint density at radius 2 is 1.94 bits per heavy atom. The largest absolute Gasteiger partial charge is 0.249 e. The Morgan fingerprint density at radius 3 is 2.50 bits per heavy atom. The van der Waals surface area contributed by atoms with Crippen molar-refractivity contribution in [3.05, 3.63) is 72.0 Å². The van der Waals surface area contributed by atoms with Gasteiger partial charge in [0, 0.05) is 0 Å². The van der Waals surface area contributed by atoms with E-state index in [1.807, 2.05) is 13.0 Å². The Kier molecular flexibility index (Phi) is 5.31. The van der Waals surface area contributed by atoms with Gasteiger partial charge in [0.2, 0.25) is 0 Å². The molecule has 0 aromatic rings. The Bertz CT molecular complexity index is 494. The van der Waals surface area contributed by atoms with Crippen molar-refractivity contribution >= 4 is 5.71 Å². The quantitative estimate of drug-likeness (QED) is 0.487. The summed E-state index contributed by atoms with van der Waals surface area (Å²) >= 11 is 0. The van der Waals surface area contributed by atoms with E-state index in [1.54, 1.807) is 12.2 Å². The van der Waals surface area contributed by atoms with Crippen LogP contribution >= 0.6 is 0 Å². The van der Waals surface area contributed by atoms with Crippen molar-refractivity contribution in [2.45, 2.75) is 27.2 Å². The van der Waals surface area contributed by atoms with Gasteiger partial charge in [0.15, 0.2) is 0 Å². The summed E-state index contributed by atoms with van der Waals surface area (Å²) in [5.41, 5.74) is 5.40. The van der Waals surface area contributed by atoms with Crippen molar-refractivity contribution in [2.24, 2.45) is 4.99 Å². The SMILES string of the molecule is C=CC(=NC1=CCC(C)=CC=C1C)/C(C=C)=C/C. The van der Waals surface area contributed by atoms with E-state index in [0.29, 0.717) is 0 Å². The standard InChI is InChI=1S/C17H21N/c1-6-15(7-2)16(8-3)18-17-12-10-13(4)9-11-14(17)5/h6-9,11-12H,1,3,10H2,2,4-5H3/b15-7+,18-16?. The highest BCUT2D eigenvalue weighted by Crippen LogP contribution is 2.20. The molecule has 18 heavy (non-hydrogen) atoms. The summed E-state index contributed by atoms with van der Waals surface area (Å²) in [6.45, 7) is 13.8. The van der Waals surface area contributed by atoms with Crippen LogP contribution in [0.1, 0.15) is 27.2 Å². The lowest BCUT2D eigenvalue weighted by atomic mass is 10.1. The fraction of sp³-hybridized carbons (Fsp3) is 0.235. The lowest BCUT2D eigenvalue weighted by molar-refractivity contribution is 1.18. The van der Waals surface area contributed by atoms with Gasteiger partial charge in [-0.15, -0.1) is 0 Å². The van der Waals surface area contributed by atoms with Crippen LogP contribution < -0.4 is 0 Å². The van der Waals surface area contributed by atoms with Crippen LogP contribution in [0.3, 0.4) is 0 Å². The number of nitrogens with zero attached hydrogens (tertiary/aromatic N) is 1. The Hall–Kier alpha value is -1.89. The summed E-state index contributed by atoms with van der Waals surface area (Å²) in [5.74, 6) is 0. The molecule has 0 atom stereocenters. The molecule has 94 valence electrons. The molecule has 1 aliphatic rings. The molecule has 0 aromatic carbocycles. The molecule has 0 amide bonds. The van der Waals surface area contributed by atoms with Crippen molar-refractivity contribution in [3.63, 3.8) is 0 Å². The molecule has 1 heteroatoms. The molecule has 0 unspecified atom stereocenters. The lowest BCUT2D eigenvalue weighted by Crippen LogP contribution is -1.98. The van der Waals surface area contributed by atoms with Crippen LogP contribution in [0.5, 0.6) is 0 Å². The zero-order chi connectivity index (χ0) is 13.5. The van der Waals surface area contributed by atoms with E-state index >= 15 is 0 Å². The second kappa shape index (κ2) is 6.75. The Balaban J connectivity index is 3.15. The molecular formula is C17H21N. The van der Waals surface area contributed by atoms with Crippen LogP contribution in [0.2, 0.25) is 0 Å². The number of hydrogen-bond acceptors (Lipinski definition) is 1. The number of rotatable bonds is 4. The van der Waals surface area contributed by atoms with Crippen molar-refractivity contribution < 1.29 is 0 Å². The summed E-state index contributed by atoms with van der Waals surface area (Å²) in [6, 6.07) is 0. The first-order chi connectivity index (χ1) is 8.62. The first kappa shape index (κ1) is 14.2. The molecule has 0 radical (unpaired) electrons. The van der Waals surface area contributed by atoms with Gasteiger partial charge >= 0.3 is 0 Å². The summed E-state index contributed by atoms with van der Waals surface area (Å²) in [6.07, 6.45) is 12.9. The third-order valence-electron chi connectivity index (χ3n) is 2.90. The maximum absolute atomic E-state index is 4.69. The van der Waals surface area contributed by atoms with E-state index in [0.717, 1.165) is 23.4 Å². The van der Waals surface area contributed by atoms with Crippen LogP contribution in [0.25, 0.3) is 0 Å². The second-order valence-corrected chi connectivity index (χ2v) is 4.31. The van der Waals surface area contributed by atoms with Gasteiger partial charge in [-0.25, -0.2) is 4.99 Å². The number of aliphatic imine (C=N–C) groups is 1. The minimum atomic E-state index is 0.867. The van der Waals surface area contributed by atoms with E-state index in [4.69, 9.17) is 4.99 Å². The number of allylic oxidation sites excluding steroid dienone is 9. The van der Waals surface area contributed by atoms with Crippen molar-refractivity contribution in [3.8, 4) is 0 Å². The molecule has 0 bridgehead atoms. The van der Waals surface area contributed by atoms with Crippen LogP contribution in [-0.2, 0) is 0 Å². The van der Waals surface area contributed by atoms with Gasteiger partial charge in [-0.05, 0) is 44.4 Å². The highest BCUT2D eigenvalue weighted by Gasteiger charge is 2.05. The molecule has 0 spiro atoms. The van der Waals surface area contributed by atoms with Crippen molar-refractivity contribution in [1.29, 1.82) is 0 Å². The molecule has 0 N–H and O–H groups in total. The first-order valence-corrected chi connectivity index (χ1v) is 6.17. The molecule has 0 fully saturated rings. The van der Waals surface area contributed by atoms with Crippen molar-refractivity contribution in [1.82, 2.24) is 0 Å². The highest BCUT2D eigenvalue weighted by molar-refractivity contribution is 6.10. The number of hydrogen-bond donors (Lipinski definition) is 0. The Morgan fingerprint density at radius 1 is 1.22 bits per heavy atom. The van der Waals surface area contributed by atoms with Crippen molar-refractivity contribution in [2.75, 3.05) is 0 Å². The predicted molar refractivity (Wildman–Crippen MR) is 81.8 cm³/mol. The Labute approximate surface area is 110 Å². The zero-order valence-electron chi connectivity index (χ0n) is 11.5. The summed E-state index contributed by atoms with van der Waals surface area (Å²) < 4.78 is 0. The molecule has 0 aliphatic heterocycles. The van der Waals surface area contributed by atoms with E-state index in [9.17, 15) is 0 Å². The molecule has 0 saturated heterocycles. The third-order valence-corrected chi connectivity index (χ3v) is 2.90. The topological polar surface area (TPSA) is 12.4 Å². The van der Waals surface area contributed by atoms with Crippen LogP contribution in [0.4, 0.5) is 0 Å². The van der Waals surface area contributed by atoms with Crippen LogP contribution in [-0.4, -0.2) is 5.71 Å². The van der Waals surface area contributed by atoms with Gasteiger partial charge in [-0.3, -0.25) is 0 Å². The van der Waals surface area contributed by atoms with Crippen LogP contribution in [0.15, 0.2) is 77.0 Å². The average Bonchev–Trinajstić information content (AvgIpc) is 2.53. The van der Waals surface area contributed by atoms with E-state index in [1.165, 1.54) is 11.1 Å². The van der Waals surface area contributed by atoms with Gasteiger partial charge in [0.25, 0.3) is 0 Å². The molecular weight excluding hydrogens is 218 g/mol. The molecule has 1 nitrogen and oxygen atoms in total.